The number of anilines is 1. The summed E-state index contributed by atoms with van der Waals surface area (Å²) >= 11 is 0. The molecule has 0 amide bonds. The molecule has 1 aliphatic rings. The monoisotopic (exact) mass is 291 g/mol. The maximum atomic E-state index is 13.8. The number of piperidine rings is 1. The van der Waals surface area contributed by atoms with E-state index < -0.39 is 24.0 Å². The molecule has 0 saturated carbocycles. The van der Waals surface area contributed by atoms with Gasteiger partial charge in [-0.3, -0.25) is 0 Å². The molecule has 0 radical (unpaired) electrons. The molecule has 1 saturated heterocycles. The van der Waals surface area contributed by atoms with Gasteiger partial charge in [0.2, 0.25) is 0 Å². The lowest BCUT2D eigenvalue weighted by Crippen LogP contribution is -2.39. The van der Waals surface area contributed by atoms with Crippen LogP contribution in [0.15, 0.2) is 18.2 Å². The summed E-state index contributed by atoms with van der Waals surface area (Å²) in [5.41, 5.74) is 0.638. The molecule has 1 aliphatic heterocycles. The molecule has 1 atom stereocenters. The van der Waals surface area contributed by atoms with Crippen molar-refractivity contribution in [1.29, 1.82) is 0 Å². The average molecular weight is 291 g/mol. The maximum Gasteiger partial charge on any atom is 0.391 e. The van der Waals surface area contributed by atoms with Gasteiger partial charge in [0, 0.05) is 24.3 Å². The molecule has 1 aromatic carbocycles. The number of halogens is 4. The van der Waals surface area contributed by atoms with Crippen molar-refractivity contribution in [3.8, 4) is 0 Å². The minimum Gasteiger partial charge on any atom is -0.389 e. The van der Waals surface area contributed by atoms with Crippen LogP contribution >= 0.6 is 0 Å². The molecule has 0 bridgehead atoms. The summed E-state index contributed by atoms with van der Waals surface area (Å²) in [4.78, 5) is 1.72. The van der Waals surface area contributed by atoms with E-state index in [0.29, 0.717) is 5.69 Å². The highest BCUT2D eigenvalue weighted by molar-refractivity contribution is 5.55. The van der Waals surface area contributed by atoms with Gasteiger partial charge in [-0.1, -0.05) is 6.07 Å². The fourth-order valence-corrected chi connectivity index (χ4v) is 2.66. The van der Waals surface area contributed by atoms with Crippen LogP contribution in [-0.2, 0) is 0 Å². The minimum atomic E-state index is -4.17. The zero-order valence-electron chi connectivity index (χ0n) is 11.1. The van der Waals surface area contributed by atoms with Crippen molar-refractivity contribution < 1.29 is 22.7 Å². The highest BCUT2D eigenvalue weighted by Gasteiger charge is 2.41. The second-order valence-corrected chi connectivity index (χ2v) is 5.15. The molecule has 1 heterocycles. The normalized spacial score (nSPS) is 19.2. The predicted octanol–water partition coefficient (Wildman–Crippen LogP) is 3.66. The summed E-state index contributed by atoms with van der Waals surface area (Å²) in [6.45, 7) is 1.88. The van der Waals surface area contributed by atoms with E-state index in [4.69, 9.17) is 0 Å². The Morgan fingerprint density at radius 2 is 1.85 bits per heavy atom. The van der Waals surface area contributed by atoms with Crippen LogP contribution in [0.25, 0.3) is 0 Å². The third-order valence-electron chi connectivity index (χ3n) is 3.75. The van der Waals surface area contributed by atoms with E-state index in [1.54, 1.807) is 11.0 Å². The Balaban J connectivity index is 2.17. The van der Waals surface area contributed by atoms with Crippen LogP contribution in [0.3, 0.4) is 0 Å². The number of nitrogens with zero attached hydrogens (tertiary/aromatic N) is 1. The van der Waals surface area contributed by atoms with Crippen molar-refractivity contribution in [3.05, 3.63) is 29.6 Å². The maximum absolute atomic E-state index is 13.8. The number of aliphatic hydroxyl groups excluding tert-OH is 1. The number of hydrogen-bond donors (Lipinski definition) is 1. The number of benzene rings is 1. The Bertz CT molecular complexity index is 465. The Morgan fingerprint density at radius 3 is 2.35 bits per heavy atom. The van der Waals surface area contributed by atoms with Crippen LogP contribution in [0.5, 0.6) is 0 Å². The van der Waals surface area contributed by atoms with Gasteiger partial charge in [0.25, 0.3) is 0 Å². The largest absolute Gasteiger partial charge is 0.391 e. The Labute approximate surface area is 115 Å². The number of alkyl halides is 3. The highest BCUT2D eigenvalue weighted by Crippen LogP contribution is 2.37. The molecule has 1 aromatic rings. The van der Waals surface area contributed by atoms with Gasteiger partial charge >= 0.3 is 6.18 Å². The molecule has 20 heavy (non-hydrogen) atoms. The summed E-state index contributed by atoms with van der Waals surface area (Å²) in [5, 5.41) is 9.65. The van der Waals surface area contributed by atoms with E-state index in [-0.39, 0.29) is 31.5 Å². The van der Waals surface area contributed by atoms with Crippen molar-refractivity contribution in [1.82, 2.24) is 0 Å². The SMILES string of the molecule is CC(O)c1c(F)cccc1N1CCC(C(F)(F)F)CC1. The summed E-state index contributed by atoms with van der Waals surface area (Å²) in [7, 11) is 0. The number of hydrogen-bond acceptors (Lipinski definition) is 2. The van der Waals surface area contributed by atoms with Gasteiger partial charge < -0.3 is 10.0 Å². The number of rotatable bonds is 2. The molecule has 2 rings (SSSR count). The smallest absolute Gasteiger partial charge is 0.389 e. The van der Waals surface area contributed by atoms with Crippen LogP contribution in [-0.4, -0.2) is 24.4 Å². The predicted molar refractivity (Wildman–Crippen MR) is 68.0 cm³/mol. The van der Waals surface area contributed by atoms with Gasteiger partial charge in [-0.2, -0.15) is 13.2 Å². The van der Waals surface area contributed by atoms with Crippen molar-refractivity contribution in [2.75, 3.05) is 18.0 Å². The van der Waals surface area contributed by atoms with Crippen molar-refractivity contribution in [2.24, 2.45) is 5.92 Å². The molecule has 0 spiro atoms. The molecule has 0 aromatic heterocycles. The van der Waals surface area contributed by atoms with Crippen LogP contribution < -0.4 is 4.90 Å². The molecule has 1 unspecified atom stereocenters. The molecule has 1 N–H and O–H groups in total. The van der Waals surface area contributed by atoms with E-state index in [2.05, 4.69) is 0 Å². The van der Waals surface area contributed by atoms with E-state index in [9.17, 15) is 22.7 Å². The zero-order chi connectivity index (χ0) is 14.9. The lowest BCUT2D eigenvalue weighted by molar-refractivity contribution is -0.179. The van der Waals surface area contributed by atoms with Crippen LogP contribution in [0.2, 0.25) is 0 Å². The molecular formula is C14H17F4NO. The number of aliphatic hydroxyl groups is 1. The lowest BCUT2D eigenvalue weighted by Gasteiger charge is -2.35. The minimum absolute atomic E-state index is 0.000731. The Kier molecular flexibility index (Phi) is 4.22. The molecule has 6 heteroatoms. The van der Waals surface area contributed by atoms with Crippen LogP contribution in [0.1, 0.15) is 31.4 Å². The molecule has 1 fully saturated rings. The van der Waals surface area contributed by atoms with Crippen molar-refractivity contribution in [2.45, 2.75) is 32.0 Å². The quantitative estimate of drug-likeness (QED) is 0.841. The van der Waals surface area contributed by atoms with E-state index in [0.717, 1.165) is 0 Å². The summed E-state index contributed by atoms with van der Waals surface area (Å²) in [6, 6.07) is 4.39. The molecule has 0 aliphatic carbocycles. The van der Waals surface area contributed by atoms with E-state index in [1.807, 2.05) is 0 Å². The average Bonchev–Trinajstić information content (AvgIpc) is 2.37. The lowest BCUT2D eigenvalue weighted by atomic mass is 9.95. The summed E-state index contributed by atoms with van der Waals surface area (Å²) < 4.78 is 51.6. The fourth-order valence-electron chi connectivity index (χ4n) is 2.66. The summed E-state index contributed by atoms with van der Waals surface area (Å²) in [6.07, 6.45) is -5.16. The fraction of sp³-hybridized carbons (Fsp3) is 0.571. The second kappa shape index (κ2) is 5.60. The standard InChI is InChI=1S/C14H17F4NO/c1-9(20)13-11(15)3-2-4-12(13)19-7-5-10(6-8-19)14(16,17)18/h2-4,9-10,20H,5-8H2,1H3. The van der Waals surface area contributed by atoms with Crippen molar-refractivity contribution >= 4 is 5.69 Å². The van der Waals surface area contributed by atoms with Crippen LogP contribution in [0, 0.1) is 11.7 Å². The first-order valence-corrected chi connectivity index (χ1v) is 6.59. The molecule has 112 valence electrons. The molecular weight excluding hydrogens is 274 g/mol. The zero-order valence-corrected chi connectivity index (χ0v) is 11.1. The first kappa shape index (κ1) is 15.1. The van der Waals surface area contributed by atoms with Gasteiger partial charge in [-0.25, -0.2) is 4.39 Å². The van der Waals surface area contributed by atoms with Gasteiger partial charge in [0.1, 0.15) is 5.82 Å². The van der Waals surface area contributed by atoms with Crippen LogP contribution in [0.4, 0.5) is 23.2 Å². The van der Waals surface area contributed by atoms with E-state index >= 15 is 0 Å². The third-order valence-corrected chi connectivity index (χ3v) is 3.75. The Hall–Kier alpha value is -1.30. The third kappa shape index (κ3) is 3.06. The summed E-state index contributed by atoms with van der Waals surface area (Å²) in [5.74, 6) is -1.82. The van der Waals surface area contributed by atoms with Gasteiger partial charge in [0.15, 0.2) is 0 Å². The van der Waals surface area contributed by atoms with Gasteiger partial charge in [0.05, 0.1) is 12.0 Å². The van der Waals surface area contributed by atoms with Crippen molar-refractivity contribution in [3.63, 3.8) is 0 Å². The molecule has 2 nitrogen and oxygen atoms in total. The van der Waals surface area contributed by atoms with Gasteiger partial charge in [-0.05, 0) is 31.9 Å². The Morgan fingerprint density at radius 1 is 1.25 bits per heavy atom. The first-order valence-electron chi connectivity index (χ1n) is 6.59. The topological polar surface area (TPSA) is 23.5 Å². The highest BCUT2D eigenvalue weighted by atomic mass is 19.4. The second-order valence-electron chi connectivity index (χ2n) is 5.15. The van der Waals surface area contributed by atoms with Gasteiger partial charge in [-0.15, -0.1) is 0 Å². The van der Waals surface area contributed by atoms with E-state index in [1.165, 1.54) is 19.1 Å². The first-order chi connectivity index (χ1) is 9.30.